The molecule has 8 heteroatoms. The number of methoxy groups -OCH3 is 1. The number of rotatable bonds is 7. The van der Waals surface area contributed by atoms with E-state index in [0.29, 0.717) is 18.0 Å². The Morgan fingerprint density at radius 2 is 2.03 bits per heavy atom. The Bertz CT molecular complexity index is 1210. The predicted octanol–water partition coefficient (Wildman–Crippen LogP) is 2.46. The van der Waals surface area contributed by atoms with Crippen molar-refractivity contribution < 1.29 is 14.3 Å². The molecule has 1 N–H and O–H groups in total. The maximum Gasteiger partial charge on any atom is 0.269 e. The summed E-state index contributed by atoms with van der Waals surface area (Å²) < 4.78 is 12.1. The summed E-state index contributed by atoms with van der Waals surface area (Å²) in [5, 5.41) is 12.0. The van der Waals surface area contributed by atoms with E-state index in [1.165, 1.54) is 17.6 Å². The van der Waals surface area contributed by atoms with Crippen LogP contribution in [0.5, 0.6) is 11.6 Å². The molecular weight excluding hydrogens is 384 g/mol. The average Bonchev–Trinajstić information content (AvgIpc) is 2.75. The average molecular weight is 404 g/mol. The molecule has 2 aromatic heterocycles. The molecule has 0 bridgehead atoms. The van der Waals surface area contributed by atoms with Crippen LogP contribution in [0, 0.1) is 18.3 Å². The quantitative estimate of drug-likeness (QED) is 0.368. The van der Waals surface area contributed by atoms with Gasteiger partial charge in [0, 0.05) is 19.9 Å². The number of nitrogens with zero attached hydrogens (tertiary/aromatic N) is 3. The summed E-state index contributed by atoms with van der Waals surface area (Å²) in [5.41, 5.74) is 0.532. The van der Waals surface area contributed by atoms with Gasteiger partial charge < -0.3 is 14.8 Å². The molecular formula is C22H20N4O4. The van der Waals surface area contributed by atoms with Crippen molar-refractivity contribution in [1.82, 2.24) is 14.7 Å². The van der Waals surface area contributed by atoms with Gasteiger partial charge in [-0.3, -0.25) is 14.0 Å². The number of pyridine rings is 1. The number of nitrogens with one attached hydrogen (secondary N) is 1. The number of aryl methyl sites for hydroxylation is 1. The predicted molar refractivity (Wildman–Crippen MR) is 111 cm³/mol. The Balaban J connectivity index is 2.12. The fourth-order valence-electron chi connectivity index (χ4n) is 2.71. The molecule has 0 saturated heterocycles. The molecule has 0 unspecified atom stereocenters. The number of carbonyl (C=O) groups is 1. The van der Waals surface area contributed by atoms with E-state index < -0.39 is 11.5 Å². The lowest BCUT2D eigenvalue weighted by Gasteiger charge is -2.12. The zero-order valence-corrected chi connectivity index (χ0v) is 16.6. The van der Waals surface area contributed by atoms with Crippen molar-refractivity contribution in [2.24, 2.45) is 0 Å². The Labute approximate surface area is 173 Å². The number of aromatic nitrogens is 2. The Kier molecular flexibility index (Phi) is 6.57. The zero-order chi connectivity index (χ0) is 21.5. The monoisotopic (exact) mass is 404 g/mol. The highest BCUT2D eigenvalue weighted by molar-refractivity contribution is 6.01. The van der Waals surface area contributed by atoms with E-state index in [9.17, 15) is 14.9 Å². The standard InChI is InChI=1S/C22H20N4O4/c1-15-7-3-4-8-18(15)30-21-17(13-16(14-23)20(27)24-10-12-29-2)22(28)26-11-6-5-9-19(26)25-21/h3-9,11,13H,10,12H2,1-2H3,(H,24,27). The molecule has 0 aliphatic heterocycles. The number of fused-ring (bicyclic) bond motifs is 1. The van der Waals surface area contributed by atoms with Gasteiger partial charge in [-0.15, -0.1) is 0 Å². The second-order valence-electron chi connectivity index (χ2n) is 6.35. The fraction of sp³-hybridized carbons (Fsp3) is 0.182. The number of benzene rings is 1. The summed E-state index contributed by atoms with van der Waals surface area (Å²) in [5.74, 6) is -0.0886. The van der Waals surface area contributed by atoms with E-state index >= 15 is 0 Å². The van der Waals surface area contributed by atoms with Crippen molar-refractivity contribution in [3.8, 4) is 17.7 Å². The highest BCUT2D eigenvalue weighted by atomic mass is 16.5. The van der Waals surface area contributed by atoms with Gasteiger partial charge in [-0.25, -0.2) is 0 Å². The van der Waals surface area contributed by atoms with Gasteiger partial charge in [0.05, 0.1) is 6.61 Å². The molecule has 1 aromatic carbocycles. The van der Waals surface area contributed by atoms with Gasteiger partial charge in [0.2, 0.25) is 5.88 Å². The summed E-state index contributed by atoms with van der Waals surface area (Å²) in [4.78, 5) is 29.9. The van der Waals surface area contributed by atoms with Gasteiger partial charge >= 0.3 is 0 Å². The highest BCUT2D eigenvalue weighted by Gasteiger charge is 2.17. The van der Waals surface area contributed by atoms with E-state index in [0.717, 1.165) is 5.56 Å². The van der Waals surface area contributed by atoms with E-state index in [1.54, 1.807) is 36.5 Å². The van der Waals surface area contributed by atoms with Gasteiger partial charge in [0.1, 0.15) is 28.6 Å². The topological polar surface area (TPSA) is 106 Å². The van der Waals surface area contributed by atoms with Crippen LogP contribution in [0.1, 0.15) is 11.1 Å². The highest BCUT2D eigenvalue weighted by Crippen LogP contribution is 2.26. The van der Waals surface area contributed by atoms with Gasteiger partial charge in [0.15, 0.2) is 0 Å². The molecule has 0 saturated carbocycles. The summed E-state index contributed by atoms with van der Waals surface area (Å²) in [7, 11) is 1.50. The molecule has 3 aromatic rings. The number of carbonyl (C=O) groups excluding carboxylic acids is 1. The Hall–Kier alpha value is -3.96. The third-order valence-corrected chi connectivity index (χ3v) is 4.28. The second-order valence-corrected chi connectivity index (χ2v) is 6.35. The van der Waals surface area contributed by atoms with Crippen LogP contribution in [0.2, 0.25) is 0 Å². The summed E-state index contributed by atoms with van der Waals surface area (Å²) >= 11 is 0. The molecule has 0 fully saturated rings. The van der Waals surface area contributed by atoms with E-state index in [-0.39, 0.29) is 23.6 Å². The maximum atomic E-state index is 13.1. The third-order valence-electron chi connectivity index (χ3n) is 4.28. The minimum atomic E-state index is -0.617. The lowest BCUT2D eigenvalue weighted by molar-refractivity contribution is -0.117. The molecule has 152 valence electrons. The van der Waals surface area contributed by atoms with Gasteiger partial charge in [-0.1, -0.05) is 24.3 Å². The third kappa shape index (κ3) is 4.54. The Morgan fingerprint density at radius 3 is 2.77 bits per heavy atom. The number of ether oxygens (including phenoxy) is 2. The largest absolute Gasteiger partial charge is 0.438 e. The molecule has 8 nitrogen and oxygen atoms in total. The summed E-state index contributed by atoms with van der Waals surface area (Å²) in [6.45, 7) is 2.39. The van der Waals surface area contributed by atoms with Crippen LogP contribution < -0.4 is 15.6 Å². The summed E-state index contributed by atoms with van der Waals surface area (Å²) in [6, 6.07) is 14.2. The van der Waals surface area contributed by atoms with E-state index in [4.69, 9.17) is 9.47 Å². The molecule has 0 aliphatic rings. The van der Waals surface area contributed by atoms with Crippen LogP contribution in [0.25, 0.3) is 11.7 Å². The second kappa shape index (κ2) is 9.49. The van der Waals surface area contributed by atoms with Crippen LogP contribution in [-0.2, 0) is 9.53 Å². The van der Waals surface area contributed by atoms with Crippen molar-refractivity contribution in [3.05, 3.63) is 75.7 Å². The first kappa shape index (κ1) is 20.8. The number of hydrogen-bond acceptors (Lipinski definition) is 6. The van der Waals surface area contributed by atoms with Gasteiger partial charge in [-0.05, 0) is 36.8 Å². The SMILES string of the molecule is COCCNC(=O)C(C#N)=Cc1c(Oc2ccccc2C)nc2ccccn2c1=O. The minimum Gasteiger partial charge on any atom is -0.438 e. The van der Waals surface area contributed by atoms with Crippen LogP contribution in [0.4, 0.5) is 0 Å². The zero-order valence-electron chi connectivity index (χ0n) is 16.6. The van der Waals surface area contributed by atoms with Gasteiger partial charge in [0.25, 0.3) is 11.5 Å². The van der Waals surface area contributed by atoms with Crippen molar-refractivity contribution in [3.63, 3.8) is 0 Å². The van der Waals surface area contributed by atoms with Crippen LogP contribution in [0.3, 0.4) is 0 Å². The van der Waals surface area contributed by atoms with Crippen LogP contribution in [-0.4, -0.2) is 35.6 Å². The van der Waals surface area contributed by atoms with Crippen molar-refractivity contribution >= 4 is 17.6 Å². The van der Waals surface area contributed by atoms with Crippen LogP contribution >= 0.6 is 0 Å². The fourth-order valence-corrected chi connectivity index (χ4v) is 2.71. The molecule has 0 radical (unpaired) electrons. The minimum absolute atomic E-state index is 0.000365. The maximum absolute atomic E-state index is 13.1. The van der Waals surface area contributed by atoms with Gasteiger partial charge in [-0.2, -0.15) is 10.2 Å². The first-order chi connectivity index (χ1) is 14.5. The number of para-hydroxylation sites is 1. The van der Waals surface area contributed by atoms with Crippen LogP contribution in [0.15, 0.2) is 59.0 Å². The first-order valence-electron chi connectivity index (χ1n) is 9.19. The molecule has 30 heavy (non-hydrogen) atoms. The van der Waals surface area contributed by atoms with Crippen molar-refractivity contribution in [2.45, 2.75) is 6.92 Å². The number of nitriles is 1. The molecule has 0 spiro atoms. The van der Waals surface area contributed by atoms with E-state index in [1.807, 2.05) is 25.1 Å². The number of hydrogen-bond donors (Lipinski definition) is 1. The molecule has 0 atom stereocenters. The number of amides is 1. The molecule has 3 rings (SSSR count). The lowest BCUT2D eigenvalue weighted by atomic mass is 10.1. The molecule has 1 amide bonds. The van der Waals surface area contributed by atoms with Crippen molar-refractivity contribution in [2.75, 3.05) is 20.3 Å². The smallest absolute Gasteiger partial charge is 0.269 e. The normalized spacial score (nSPS) is 11.2. The van der Waals surface area contributed by atoms with E-state index in [2.05, 4.69) is 10.3 Å². The first-order valence-corrected chi connectivity index (χ1v) is 9.19. The summed E-state index contributed by atoms with van der Waals surface area (Å²) in [6.07, 6.45) is 2.76. The molecule has 2 heterocycles. The van der Waals surface area contributed by atoms with Crippen molar-refractivity contribution in [1.29, 1.82) is 5.26 Å². The lowest BCUT2D eigenvalue weighted by Crippen LogP contribution is -2.28. The molecule has 0 aliphatic carbocycles. The Morgan fingerprint density at radius 1 is 1.27 bits per heavy atom.